The Morgan fingerprint density at radius 3 is 1.29 bits per heavy atom. The number of benzene rings is 5. The average molecular weight is 865 g/mol. The summed E-state index contributed by atoms with van der Waals surface area (Å²) in [6.45, 7) is 0. The summed E-state index contributed by atoms with van der Waals surface area (Å²) in [6, 6.07) is 52.9. The third-order valence-corrected chi connectivity index (χ3v) is 17.7. The second-order valence-corrected chi connectivity index (χ2v) is 20.5. The predicted molar refractivity (Wildman–Crippen MR) is 234 cm³/mol. The minimum atomic E-state index is -0.0466. The molecule has 6 aliphatic rings. The molecule has 11 rings (SSSR count). The van der Waals surface area contributed by atoms with Crippen LogP contribution in [-0.4, -0.2) is 5.78 Å². The summed E-state index contributed by atoms with van der Waals surface area (Å²) in [5, 5.41) is 0. The summed E-state index contributed by atoms with van der Waals surface area (Å²) in [6.07, 6.45) is 9.03. The van der Waals surface area contributed by atoms with Gasteiger partial charge in [-0.1, -0.05) is 160 Å². The van der Waals surface area contributed by atoms with Crippen molar-refractivity contribution >= 4 is 37.6 Å². The zero-order chi connectivity index (χ0) is 37.5. The molecule has 0 radical (unpaired) electrons. The molecule has 15 unspecified atom stereocenters. The molecule has 0 amide bonds. The second kappa shape index (κ2) is 14.5. The molecule has 6 fully saturated rings. The molecule has 0 N–H and O–H groups in total. The Hall–Kier alpha value is -3.27. The molecule has 15 atom stereocenters. The van der Waals surface area contributed by atoms with E-state index in [-0.39, 0.29) is 11.8 Å². The minimum absolute atomic E-state index is 0.0416. The molecule has 6 saturated carbocycles. The van der Waals surface area contributed by atoms with E-state index >= 15 is 4.79 Å². The van der Waals surface area contributed by atoms with Crippen molar-refractivity contribution in [1.29, 1.82) is 0 Å². The summed E-state index contributed by atoms with van der Waals surface area (Å²) in [7, 11) is 0. The van der Waals surface area contributed by atoms with Gasteiger partial charge in [0.2, 0.25) is 0 Å². The van der Waals surface area contributed by atoms with Crippen LogP contribution >= 0.6 is 31.9 Å². The summed E-state index contributed by atoms with van der Waals surface area (Å²) in [5.41, 5.74) is 7.13. The van der Waals surface area contributed by atoms with E-state index in [1.54, 1.807) is 11.1 Å². The summed E-state index contributed by atoms with van der Waals surface area (Å²) in [5.74, 6) is 7.86. The van der Waals surface area contributed by atoms with Crippen LogP contribution in [0.25, 0.3) is 0 Å². The molecule has 0 aromatic heterocycles. The first-order valence-electron chi connectivity index (χ1n) is 21.8. The first kappa shape index (κ1) is 35.9. The van der Waals surface area contributed by atoms with Gasteiger partial charge in [0.25, 0.3) is 0 Å². The van der Waals surface area contributed by atoms with E-state index in [2.05, 4.69) is 171 Å². The van der Waals surface area contributed by atoms with Crippen molar-refractivity contribution in [2.75, 3.05) is 0 Å². The lowest BCUT2D eigenvalue weighted by molar-refractivity contribution is -0.188. The molecule has 5 aromatic rings. The highest BCUT2D eigenvalue weighted by Gasteiger charge is 2.69. The molecule has 0 bridgehead atoms. The fourth-order valence-electron chi connectivity index (χ4n) is 15.5. The van der Waals surface area contributed by atoms with E-state index in [1.807, 2.05) is 0 Å². The van der Waals surface area contributed by atoms with Crippen LogP contribution in [-0.2, 0) is 4.79 Å². The Morgan fingerprint density at radius 2 is 0.804 bits per heavy atom. The molecule has 0 saturated heterocycles. The normalized spacial score (nSPS) is 38.2. The number of halogens is 2. The first-order valence-corrected chi connectivity index (χ1v) is 23.3. The maximum absolute atomic E-state index is 15.5. The van der Waals surface area contributed by atoms with Crippen LogP contribution in [0.2, 0.25) is 0 Å². The van der Waals surface area contributed by atoms with Crippen molar-refractivity contribution in [3.05, 3.63) is 176 Å². The van der Waals surface area contributed by atoms with Gasteiger partial charge in [-0.3, -0.25) is 4.79 Å². The Bertz CT molecular complexity index is 2200. The zero-order valence-electron chi connectivity index (χ0n) is 32.1. The molecule has 0 heterocycles. The quantitative estimate of drug-likeness (QED) is 0.172. The average Bonchev–Trinajstić information content (AvgIpc) is 3.56. The Labute approximate surface area is 350 Å². The lowest BCUT2D eigenvalue weighted by Gasteiger charge is -2.69. The fourth-order valence-corrected chi connectivity index (χ4v) is 16.3. The standard InChI is InChI=1S/C53H52Br2O/c54-36-22-10-20-34(28-36)45-51-40-26-12-24-38-47(40)48-39(25-13-27-41(48)52(51)46(53(45)56)35-21-11-23-37(55)29-35)50-44(33-18-8-3-9-19-33)42(31-14-4-1-5-15-31)30-43(49(38)50)32-16-6-2-7-17-32/h1-11,14-23,28-29,38-52H,12-13,24-27,30H2. The number of Topliss-reactive ketones (excluding diaryl/α,β-unsaturated/α-hetero) is 1. The number of carbonyl (C=O) groups excluding carboxylic acids is 1. The van der Waals surface area contributed by atoms with Gasteiger partial charge in [0.15, 0.2) is 0 Å². The van der Waals surface area contributed by atoms with Crippen molar-refractivity contribution in [2.24, 2.45) is 59.2 Å². The topological polar surface area (TPSA) is 17.1 Å². The SMILES string of the molecule is O=C1C(c2cccc(Br)c2)C2C3CCCC4C5C(c6ccccc6)CC(c6ccccc6)C(c6ccccc6)C5C5CCCC(C2C1c1cccc(Br)c1)C5C43. The number of rotatable bonds is 5. The second-order valence-electron chi connectivity index (χ2n) is 18.7. The number of fused-ring (bicyclic) bond motifs is 6. The van der Waals surface area contributed by atoms with Crippen LogP contribution in [0.15, 0.2) is 148 Å². The minimum Gasteiger partial charge on any atom is -0.298 e. The summed E-state index contributed by atoms with van der Waals surface area (Å²) < 4.78 is 2.18. The molecule has 0 spiro atoms. The van der Waals surface area contributed by atoms with Crippen molar-refractivity contribution in [3.8, 4) is 0 Å². The maximum atomic E-state index is 15.5. The molecule has 1 nitrogen and oxygen atoms in total. The van der Waals surface area contributed by atoms with Gasteiger partial charge in [0.05, 0.1) is 0 Å². The highest BCUT2D eigenvalue weighted by atomic mass is 79.9. The van der Waals surface area contributed by atoms with Crippen molar-refractivity contribution in [3.63, 3.8) is 0 Å². The fraction of sp³-hybridized carbons (Fsp3) is 0.415. The van der Waals surface area contributed by atoms with Crippen LogP contribution in [0.5, 0.6) is 0 Å². The smallest absolute Gasteiger partial charge is 0.148 e. The zero-order valence-corrected chi connectivity index (χ0v) is 35.2. The van der Waals surface area contributed by atoms with E-state index in [0.29, 0.717) is 82.7 Å². The van der Waals surface area contributed by atoms with Gasteiger partial charge in [-0.05, 0) is 161 Å². The molecule has 56 heavy (non-hydrogen) atoms. The van der Waals surface area contributed by atoms with Gasteiger partial charge in [0, 0.05) is 20.8 Å². The van der Waals surface area contributed by atoms with Crippen LogP contribution in [0.4, 0.5) is 0 Å². The van der Waals surface area contributed by atoms with E-state index in [0.717, 1.165) is 8.95 Å². The van der Waals surface area contributed by atoms with Gasteiger partial charge >= 0.3 is 0 Å². The largest absolute Gasteiger partial charge is 0.298 e. The van der Waals surface area contributed by atoms with Gasteiger partial charge in [-0.15, -0.1) is 0 Å². The lowest BCUT2D eigenvalue weighted by atomic mass is 9.35. The van der Waals surface area contributed by atoms with E-state index in [4.69, 9.17) is 0 Å². The highest BCUT2D eigenvalue weighted by Crippen LogP contribution is 2.75. The predicted octanol–water partition coefficient (Wildman–Crippen LogP) is 14.0. The monoisotopic (exact) mass is 862 g/mol. The van der Waals surface area contributed by atoms with Crippen LogP contribution < -0.4 is 0 Å². The summed E-state index contributed by atoms with van der Waals surface area (Å²) in [4.78, 5) is 15.5. The number of hydrogen-bond acceptors (Lipinski definition) is 1. The maximum Gasteiger partial charge on any atom is 0.148 e. The number of carbonyl (C=O) groups is 1. The van der Waals surface area contributed by atoms with Gasteiger partial charge < -0.3 is 0 Å². The van der Waals surface area contributed by atoms with Crippen LogP contribution in [0.1, 0.15) is 102 Å². The van der Waals surface area contributed by atoms with E-state index < -0.39 is 0 Å². The Morgan fingerprint density at radius 1 is 0.393 bits per heavy atom. The number of hydrogen-bond donors (Lipinski definition) is 0. The van der Waals surface area contributed by atoms with E-state index in [9.17, 15) is 0 Å². The first-order chi connectivity index (χ1) is 27.6. The Balaban J connectivity index is 1.12. The van der Waals surface area contributed by atoms with Crippen molar-refractivity contribution < 1.29 is 4.79 Å². The highest BCUT2D eigenvalue weighted by molar-refractivity contribution is 9.10. The van der Waals surface area contributed by atoms with Gasteiger partial charge in [-0.25, -0.2) is 0 Å². The van der Waals surface area contributed by atoms with Gasteiger partial charge in [-0.2, -0.15) is 0 Å². The molecule has 6 aliphatic carbocycles. The number of ketones is 1. The molecular formula is C53H52Br2O. The van der Waals surface area contributed by atoms with Crippen LogP contribution in [0.3, 0.4) is 0 Å². The third-order valence-electron chi connectivity index (χ3n) is 16.7. The summed E-state index contributed by atoms with van der Waals surface area (Å²) >= 11 is 7.67. The van der Waals surface area contributed by atoms with Crippen LogP contribution in [0, 0.1) is 59.2 Å². The molecule has 284 valence electrons. The van der Waals surface area contributed by atoms with Gasteiger partial charge in [0.1, 0.15) is 5.78 Å². The Kier molecular flexibility index (Phi) is 9.30. The van der Waals surface area contributed by atoms with E-state index in [1.165, 1.54) is 61.6 Å². The molecular weight excluding hydrogens is 812 g/mol. The lowest BCUT2D eigenvalue weighted by Crippen LogP contribution is -2.63. The molecule has 3 heteroatoms. The van der Waals surface area contributed by atoms with Crippen molar-refractivity contribution in [2.45, 2.75) is 74.5 Å². The molecule has 0 aliphatic heterocycles. The molecule has 5 aromatic carbocycles. The third kappa shape index (κ3) is 5.67. The van der Waals surface area contributed by atoms with Crippen molar-refractivity contribution in [1.82, 2.24) is 0 Å².